The molecule has 1 unspecified atom stereocenters. The Labute approximate surface area is 131 Å². The number of thiophene rings is 1. The first kappa shape index (κ1) is 14.4. The van der Waals surface area contributed by atoms with Gasteiger partial charge < -0.3 is 9.67 Å². The normalized spacial score (nSPS) is 17.5. The number of ketones is 1. The van der Waals surface area contributed by atoms with Crippen molar-refractivity contribution in [1.29, 1.82) is 0 Å². The standard InChI is InChI=1S/C15H14ClNO3S/c1-8-7-10-9(15(19)20)3-2-6-17(10)13(8)14(18)11-4-5-12(16)21-11/h4-5,7,9H,2-3,6H2,1H3,(H,19,20). The lowest BCUT2D eigenvalue weighted by Gasteiger charge is -2.23. The quantitative estimate of drug-likeness (QED) is 0.876. The van der Waals surface area contributed by atoms with Gasteiger partial charge in [-0.2, -0.15) is 0 Å². The van der Waals surface area contributed by atoms with Crippen LogP contribution in [0.4, 0.5) is 0 Å². The third-order valence-corrected chi connectivity index (χ3v) is 5.09. The van der Waals surface area contributed by atoms with Crippen LogP contribution in [-0.2, 0) is 11.3 Å². The molecule has 1 aliphatic heterocycles. The molecule has 0 amide bonds. The van der Waals surface area contributed by atoms with Gasteiger partial charge in [-0.25, -0.2) is 0 Å². The van der Waals surface area contributed by atoms with E-state index >= 15 is 0 Å². The molecule has 4 nitrogen and oxygen atoms in total. The minimum absolute atomic E-state index is 0.0818. The topological polar surface area (TPSA) is 59.3 Å². The first-order valence-corrected chi connectivity index (χ1v) is 7.91. The number of aromatic nitrogens is 1. The lowest BCUT2D eigenvalue weighted by Crippen LogP contribution is -2.23. The van der Waals surface area contributed by atoms with E-state index in [2.05, 4.69) is 0 Å². The van der Waals surface area contributed by atoms with E-state index in [9.17, 15) is 14.7 Å². The third kappa shape index (κ3) is 2.40. The van der Waals surface area contributed by atoms with Gasteiger partial charge in [0.05, 0.1) is 20.8 Å². The lowest BCUT2D eigenvalue weighted by molar-refractivity contribution is -0.139. The lowest BCUT2D eigenvalue weighted by atomic mass is 9.96. The summed E-state index contributed by atoms with van der Waals surface area (Å²) >= 11 is 7.14. The van der Waals surface area contributed by atoms with Gasteiger partial charge in [-0.1, -0.05) is 11.6 Å². The number of rotatable bonds is 3. The fourth-order valence-corrected chi connectivity index (χ4v) is 3.93. The Bertz CT molecular complexity index is 731. The molecular weight excluding hydrogens is 310 g/mol. The minimum atomic E-state index is -0.827. The molecule has 0 fully saturated rings. The van der Waals surface area contributed by atoms with E-state index in [4.69, 9.17) is 11.6 Å². The van der Waals surface area contributed by atoms with E-state index in [1.165, 1.54) is 11.3 Å². The van der Waals surface area contributed by atoms with Gasteiger partial charge in [-0.3, -0.25) is 9.59 Å². The molecule has 6 heteroatoms. The number of aryl methyl sites for hydroxylation is 1. The third-order valence-electron chi connectivity index (χ3n) is 3.86. The summed E-state index contributed by atoms with van der Waals surface area (Å²) in [5.74, 6) is -1.43. The molecule has 3 rings (SSSR count). The smallest absolute Gasteiger partial charge is 0.312 e. The van der Waals surface area contributed by atoms with Crippen molar-refractivity contribution in [2.75, 3.05) is 0 Å². The van der Waals surface area contributed by atoms with Crippen LogP contribution in [0.2, 0.25) is 4.34 Å². The number of aliphatic carboxylic acids is 1. The molecule has 2 aromatic heterocycles. The van der Waals surface area contributed by atoms with Crippen LogP contribution in [-0.4, -0.2) is 21.4 Å². The summed E-state index contributed by atoms with van der Waals surface area (Å²) in [6, 6.07) is 5.25. The molecule has 0 bridgehead atoms. The van der Waals surface area contributed by atoms with Gasteiger partial charge in [0, 0.05) is 12.2 Å². The van der Waals surface area contributed by atoms with Gasteiger partial charge in [0.15, 0.2) is 0 Å². The largest absolute Gasteiger partial charge is 0.481 e. The molecule has 1 N–H and O–H groups in total. The van der Waals surface area contributed by atoms with E-state index in [-0.39, 0.29) is 5.78 Å². The van der Waals surface area contributed by atoms with Gasteiger partial charge in [0.25, 0.3) is 0 Å². The molecule has 1 atom stereocenters. The van der Waals surface area contributed by atoms with Crippen LogP contribution in [0, 0.1) is 6.92 Å². The number of carboxylic acids is 1. The van der Waals surface area contributed by atoms with Gasteiger partial charge in [0.1, 0.15) is 0 Å². The summed E-state index contributed by atoms with van der Waals surface area (Å²) in [5.41, 5.74) is 2.15. The molecular formula is C15H14ClNO3S. The molecule has 1 aliphatic rings. The second-order valence-electron chi connectivity index (χ2n) is 5.22. The average Bonchev–Trinajstić information content (AvgIpc) is 3.00. The molecule has 110 valence electrons. The van der Waals surface area contributed by atoms with E-state index < -0.39 is 11.9 Å². The zero-order valence-electron chi connectivity index (χ0n) is 11.4. The Hall–Kier alpha value is -1.59. The van der Waals surface area contributed by atoms with Crippen LogP contribution in [0.3, 0.4) is 0 Å². The molecule has 0 saturated heterocycles. The minimum Gasteiger partial charge on any atom is -0.481 e. The predicted octanol–water partition coefficient (Wildman–Crippen LogP) is 3.70. The van der Waals surface area contributed by atoms with E-state index in [1.807, 2.05) is 17.6 Å². The highest BCUT2D eigenvalue weighted by atomic mass is 35.5. The maximum Gasteiger partial charge on any atom is 0.312 e. The number of halogens is 1. The zero-order valence-corrected chi connectivity index (χ0v) is 13.0. The molecule has 0 aromatic carbocycles. The predicted molar refractivity (Wildman–Crippen MR) is 81.5 cm³/mol. The van der Waals surface area contributed by atoms with Crippen LogP contribution in [0.25, 0.3) is 0 Å². The van der Waals surface area contributed by atoms with Gasteiger partial charge in [-0.05, 0) is 43.5 Å². The fraction of sp³-hybridized carbons (Fsp3) is 0.333. The van der Waals surface area contributed by atoms with Crippen molar-refractivity contribution in [2.45, 2.75) is 32.2 Å². The van der Waals surface area contributed by atoms with Crippen LogP contribution in [0.15, 0.2) is 18.2 Å². The number of hydrogen-bond donors (Lipinski definition) is 1. The van der Waals surface area contributed by atoms with Crippen LogP contribution in [0.1, 0.15) is 45.4 Å². The Kier molecular flexibility index (Phi) is 3.63. The molecule has 0 radical (unpaired) electrons. The first-order valence-electron chi connectivity index (χ1n) is 6.72. The van der Waals surface area contributed by atoms with Crippen molar-refractivity contribution < 1.29 is 14.7 Å². The van der Waals surface area contributed by atoms with Crippen molar-refractivity contribution in [2.24, 2.45) is 0 Å². The number of nitrogens with zero attached hydrogens (tertiary/aromatic N) is 1. The van der Waals surface area contributed by atoms with Crippen molar-refractivity contribution in [3.63, 3.8) is 0 Å². The Balaban J connectivity index is 2.08. The Morgan fingerprint density at radius 2 is 2.19 bits per heavy atom. The number of fused-ring (bicyclic) bond motifs is 1. The van der Waals surface area contributed by atoms with Crippen molar-refractivity contribution in [3.05, 3.63) is 44.4 Å². The van der Waals surface area contributed by atoms with Crippen molar-refractivity contribution in [1.82, 2.24) is 4.57 Å². The molecule has 3 heterocycles. The summed E-state index contributed by atoms with van der Waals surface area (Å²) < 4.78 is 2.44. The van der Waals surface area contributed by atoms with E-state index in [0.717, 1.165) is 17.7 Å². The van der Waals surface area contributed by atoms with Crippen LogP contribution in [0.5, 0.6) is 0 Å². The highest BCUT2D eigenvalue weighted by Gasteiger charge is 2.31. The Morgan fingerprint density at radius 3 is 2.81 bits per heavy atom. The number of carbonyl (C=O) groups is 2. The second-order valence-corrected chi connectivity index (χ2v) is 6.93. The molecule has 0 spiro atoms. The average molecular weight is 324 g/mol. The molecule has 21 heavy (non-hydrogen) atoms. The second kappa shape index (κ2) is 5.31. The molecule has 0 saturated carbocycles. The summed E-state index contributed by atoms with van der Waals surface area (Å²) in [6.45, 7) is 2.54. The van der Waals surface area contributed by atoms with E-state index in [1.54, 1.807) is 12.1 Å². The number of carbonyl (C=O) groups excluding carboxylic acids is 1. The van der Waals surface area contributed by atoms with E-state index in [0.29, 0.717) is 27.9 Å². The molecule has 2 aromatic rings. The first-order chi connectivity index (χ1) is 9.99. The highest BCUT2D eigenvalue weighted by Crippen LogP contribution is 2.33. The highest BCUT2D eigenvalue weighted by molar-refractivity contribution is 7.18. The van der Waals surface area contributed by atoms with Crippen LogP contribution < -0.4 is 0 Å². The van der Waals surface area contributed by atoms with Crippen molar-refractivity contribution >= 4 is 34.7 Å². The summed E-state index contributed by atoms with van der Waals surface area (Å²) in [6.07, 6.45) is 1.39. The summed E-state index contributed by atoms with van der Waals surface area (Å²) in [5, 5.41) is 9.33. The van der Waals surface area contributed by atoms with Gasteiger partial charge in [-0.15, -0.1) is 11.3 Å². The van der Waals surface area contributed by atoms with Crippen LogP contribution >= 0.6 is 22.9 Å². The number of carboxylic acid groups (broad SMARTS) is 1. The zero-order chi connectivity index (χ0) is 15.1. The fourth-order valence-electron chi connectivity index (χ4n) is 2.95. The maximum absolute atomic E-state index is 12.7. The molecule has 0 aliphatic carbocycles. The summed E-state index contributed by atoms with van der Waals surface area (Å²) in [4.78, 5) is 24.6. The maximum atomic E-state index is 12.7. The SMILES string of the molecule is Cc1cc2n(c1C(=O)c1ccc(Cl)s1)CCCC2C(=O)O. The Morgan fingerprint density at radius 1 is 1.43 bits per heavy atom. The van der Waals surface area contributed by atoms with Crippen molar-refractivity contribution in [3.8, 4) is 0 Å². The monoisotopic (exact) mass is 323 g/mol. The summed E-state index contributed by atoms with van der Waals surface area (Å²) in [7, 11) is 0. The van der Waals surface area contributed by atoms with Gasteiger partial charge in [0.2, 0.25) is 5.78 Å². The number of hydrogen-bond acceptors (Lipinski definition) is 3. The van der Waals surface area contributed by atoms with Gasteiger partial charge >= 0.3 is 5.97 Å².